The number of rotatable bonds is 0. The van der Waals surface area contributed by atoms with E-state index in [4.69, 9.17) is 15.2 Å². The van der Waals surface area contributed by atoms with Crippen LogP contribution < -0.4 is 15.2 Å². The van der Waals surface area contributed by atoms with Gasteiger partial charge in [-0.25, -0.2) is 4.39 Å². The zero-order chi connectivity index (χ0) is 8.55. The second-order valence-corrected chi connectivity index (χ2v) is 2.49. The summed E-state index contributed by atoms with van der Waals surface area (Å²) in [6, 6.07) is 3.07. The molecule has 0 amide bonds. The van der Waals surface area contributed by atoms with Crippen molar-refractivity contribution in [1.29, 1.82) is 0 Å². The number of halogens is 1. The molecule has 0 saturated heterocycles. The van der Waals surface area contributed by atoms with Crippen LogP contribution >= 0.6 is 0 Å². The molecule has 1 aromatic carbocycles. The number of fused-ring (bicyclic) bond motifs is 1. The van der Waals surface area contributed by atoms with E-state index in [1.54, 1.807) is 6.07 Å². The molecule has 3 nitrogen and oxygen atoms in total. The highest BCUT2D eigenvalue weighted by Gasteiger charge is 2.17. The van der Waals surface area contributed by atoms with Gasteiger partial charge in [0.15, 0.2) is 17.3 Å². The van der Waals surface area contributed by atoms with Gasteiger partial charge in [0.05, 0.1) is 5.69 Å². The molecule has 0 aromatic heterocycles. The minimum atomic E-state index is -0.535. The van der Waals surface area contributed by atoms with Crippen molar-refractivity contribution < 1.29 is 13.9 Å². The predicted octanol–water partition coefficient (Wildman–Crippen LogP) is 1.18. The fraction of sp³-hybridized carbons (Fsp3) is 0.250. The topological polar surface area (TPSA) is 44.5 Å². The summed E-state index contributed by atoms with van der Waals surface area (Å²) in [4.78, 5) is 0. The molecule has 12 heavy (non-hydrogen) atoms. The Morgan fingerprint density at radius 2 is 2.00 bits per heavy atom. The maximum atomic E-state index is 13.2. The van der Waals surface area contributed by atoms with Crippen LogP contribution in [0.1, 0.15) is 0 Å². The lowest BCUT2D eigenvalue weighted by Crippen LogP contribution is -2.16. The number of nitrogens with two attached hydrogens (primary N) is 1. The minimum absolute atomic E-state index is 0.0826. The maximum Gasteiger partial charge on any atom is 0.199 e. The Morgan fingerprint density at radius 3 is 2.83 bits per heavy atom. The molecule has 2 rings (SSSR count). The van der Waals surface area contributed by atoms with Crippen LogP contribution in [0, 0.1) is 5.82 Å². The van der Waals surface area contributed by atoms with Gasteiger partial charge in [0.2, 0.25) is 0 Å². The van der Waals surface area contributed by atoms with Gasteiger partial charge in [0, 0.05) is 0 Å². The number of hydrogen-bond donors (Lipinski definition) is 1. The summed E-state index contributed by atoms with van der Waals surface area (Å²) < 4.78 is 23.3. The van der Waals surface area contributed by atoms with Gasteiger partial charge >= 0.3 is 0 Å². The molecule has 64 valence electrons. The third-order valence-electron chi connectivity index (χ3n) is 1.68. The van der Waals surface area contributed by atoms with Gasteiger partial charge in [0.1, 0.15) is 13.2 Å². The first-order chi connectivity index (χ1) is 5.79. The van der Waals surface area contributed by atoms with Gasteiger partial charge in [-0.1, -0.05) is 0 Å². The molecule has 4 heteroatoms. The Bertz CT molecular complexity index is 314. The van der Waals surface area contributed by atoms with Crippen molar-refractivity contribution in [3.8, 4) is 11.5 Å². The Kier molecular flexibility index (Phi) is 1.53. The molecule has 1 aromatic rings. The van der Waals surface area contributed by atoms with Crippen molar-refractivity contribution in [1.82, 2.24) is 0 Å². The quantitative estimate of drug-likeness (QED) is 0.593. The zero-order valence-corrected chi connectivity index (χ0v) is 6.34. The van der Waals surface area contributed by atoms with Crippen LogP contribution in [0.4, 0.5) is 10.1 Å². The summed E-state index contributed by atoms with van der Waals surface area (Å²) in [5.41, 5.74) is 5.42. The first kappa shape index (κ1) is 7.21. The monoisotopic (exact) mass is 169 g/mol. The van der Waals surface area contributed by atoms with Gasteiger partial charge in [-0.15, -0.1) is 0 Å². The molecule has 1 aliphatic heterocycles. The van der Waals surface area contributed by atoms with E-state index in [1.807, 2.05) is 0 Å². The molecule has 0 aliphatic carbocycles. The third kappa shape index (κ3) is 0.958. The van der Waals surface area contributed by atoms with Crippen LogP contribution in [-0.4, -0.2) is 13.2 Å². The lowest BCUT2D eigenvalue weighted by molar-refractivity contribution is 0.164. The average molecular weight is 169 g/mol. The van der Waals surface area contributed by atoms with E-state index in [0.717, 1.165) is 0 Å². The van der Waals surface area contributed by atoms with Crippen molar-refractivity contribution in [3.05, 3.63) is 17.9 Å². The van der Waals surface area contributed by atoms with E-state index >= 15 is 0 Å². The van der Waals surface area contributed by atoms with E-state index in [0.29, 0.717) is 19.0 Å². The van der Waals surface area contributed by atoms with Crippen LogP contribution in [0.3, 0.4) is 0 Å². The maximum absolute atomic E-state index is 13.2. The van der Waals surface area contributed by atoms with Crippen molar-refractivity contribution >= 4 is 5.69 Å². The van der Waals surface area contributed by atoms with E-state index in [-0.39, 0.29) is 11.4 Å². The van der Waals surface area contributed by atoms with Crippen molar-refractivity contribution in [2.45, 2.75) is 0 Å². The van der Waals surface area contributed by atoms with Gasteiger partial charge in [-0.3, -0.25) is 0 Å². The number of anilines is 1. The van der Waals surface area contributed by atoms with Crippen LogP contribution in [0.5, 0.6) is 11.5 Å². The van der Waals surface area contributed by atoms with Crippen LogP contribution in [0.2, 0.25) is 0 Å². The highest BCUT2D eigenvalue weighted by molar-refractivity contribution is 5.54. The van der Waals surface area contributed by atoms with E-state index in [1.165, 1.54) is 6.07 Å². The standard InChI is InChI=1S/C8H8FNO2/c9-7-5(10)1-2-6-8(7)12-4-3-11-6/h1-2H,3-4,10H2. The number of hydrogen-bond acceptors (Lipinski definition) is 3. The Morgan fingerprint density at radius 1 is 1.25 bits per heavy atom. The molecule has 1 aliphatic rings. The Labute approximate surface area is 68.9 Å². The predicted molar refractivity (Wildman–Crippen MR) is 41.8 cm³/mol. The summed E-state index contributed by atoms with van der Waals surface area (Å²) >= 11 is 0. The number of nitrogen functional groups attached to an aromatic ring is 1. The van der Waals surface area contributed by atoms with Crippen molar-refractivity contribution in [2.75, 3.05) is 18.9 Å². The van der Waals surface area contributed by atoms with Gasteiger partial charge in [0.25, 0.3) is 0 Å². The molecule has 2 N–H and O–H groups in total. The van der Waals surface area contributed by atoms with Gasteiger partial charge in [-0.05, 0) is 12.1 Å². The highest BCUT2D eigenvalue weighted by Crippen LogP contribution is 2.35. The van der Waals surface area contributed by atoms with Crippen molar-refractivity contribution in [3.63, 3.8) is 0 Å². The lowest BCUT2D eigenvalue weighted by Gasteiger charge is -2.18. The fourth-order valence-electron chi connectivity index (χ4n) is 1.10. The Balaban J connectivity index is 2.54. The minimum Gasteiger partial charge on any atom is -0.486 e. The normalized spacial score (nSPS) is 14.4. The smallest absolute Gasteiger partial charge is 0.199 e. The second-order valence-electron chi connectivity index (χ2n) is 2.49. The second kappa shape index (κ2) is 2.55. The lowest BCUT2D eigenvalue weighted by atomic mass is 10.2. The van der Waals surface area contributed by atoms with E-state index in [9.17, 15) is 4.39 Å². The summed E-state index contributed by atoms with van der Waals surface area (Å²) in [5.74, 6) is 0.0152. The summed E-state index contributed by atoms with van der Waals surface area (Å²) in [6.45, 7) is 0.823. The zero-order valence-electron chi connectivity index (χ0n) is 6.34. The number of ether oxygens (including phenoxy) is 2. The molecule has 0 bridgehead atoms. The summed E-state index contributed by atoms with van der Waals surface area (Å²) in [7, 11) is 0. The van der Waals surface area contributed by atoms with Crippen molar-refractivity contribution in [2.24, 2.45) is 0 Å². The SMILES string of the molecule is Nc1ccc2c(c1F)OCCO2. The molecule has 0 atom stereocenters. The molecule has 0 spiro atoms. The average Bonchev–Trinajstić information content (AvgIpc) is 2.12. The van der Waals surface area contributed by atoms with Crippen LogP contribution in [-0.2, 0) is 0 Å². The van der Waals surface area contributed by atoms with E-state index in [2.05, 4.69) is 0 Å². The molecular weight excluding hydrogens is 161 g/mol. The van der Waals surface area contributed by atoms with Gasteiger partial charge in [-0.2, -0.15) is 0 Å². The summed E-state index contributed by atoms with van der Waals surface area (Å²) in [5, 5.41) is 0. The molecule has 0 unspecified atom stereocenters. The highest BCUT2D eigenvalue weighted by atomic mass is 19.1. The molecule has 0 saturated carbocycles. The van der Waals surface area contributed by atoms with Crippen LogP contribution in [0.15, 0.2) is 12.1 Å². The fourth-order valence-corrected chi connectivity index (χ4v) is 1.10. The molecule has 1 heterocycles. The first-order valence-corrected chi connectivity index (χ1v) is 3.62. The largest absolute Gasteiger partial charge is 0.486 e. The third-order valence-corrected chi connectivity index (χ3v) is 1.68. The molecule has 0 radical (unpaired) electrons. The molecule has 0 fully saturated rings. The number of benzene rings is 1. The first-order valence-electron chi connectivity index (χ1n) is 3.62. The summed E-state index contributed by atoms with van der Waals surface area (Å²) in [6.07, 6.45) is 0. The van der Waals surface area contributed by atoms with Crippen LogP contribution in [0.25, 0.3) is 0 Å². The van der Waals surface area contributed by atoms with E-state index < -0.39 is 5.82 Å². The molecular formula is C8H8FNO2. The Hall–Kier alpha value is -1.45. The van der Waals surface area contributed by atoms with Gasteiger partial charge < -0.3 is 15.2 Å².